The van der Waals surface area contributed by atoms with E-state index in [4.69, 9.17) is 26.8 Å². The van der Waals surface area contributed by atoms with Crippen LogP contribution < -0.4 is 9.47 Å². The highest BCUT2D eigenvalue weighted by Crippen LogP contribution is 2.32. The van der Waals surface area contributed by atoms with Crippen molar-refractivity contribution in [3.05, 3.63) is 29.5 Å². The first-order valence-corrected chi connectivity index (χ1v) is 7.37. The Hall–Kier alpha value is -2.06. The zero-order valence-electron chi connectivity index (χ0n) is 11.9. The average Bonchev–Trinajstić information content (AvgIpc) is 2.73. The Bertz CT molecular complexity index is 649. The number of ether oxygens (including phenoxy) is 2. The number of carboxylic acid groups (broad SMARTS) is 1. The van der Waals surface area contributed by atoms with Crippen LogP contribution in [-0.4, -0.2) is 46.2 Å². The number of thioether (sulfide) groups is 1. The molecule has 1 aliphatic heterocycles. The van der Waals surface area contributed by atoms with Gasteiger partial charge in [0.2, 0.25) is 5.12 Å². The van der Waals surface area contributed by atoms with Gasteiger partial charge in [-0.15, -0.1) is 0 Å². The Morgan fingerprint density at radius 2 is 1.91 bits per heavy atom. The van der Waals surface area contributed by atoms with Gasteiger partial charge < -0.3 is 19.5 Å². The van der Waals surface area contributed by atoms with Crippen molar-refractivity contribution in [2.75, 3.05) is 20.8 Å². The van der Waals surface area contributed by atoms with E-state index in [-0.39, 0.29) is 21.7 Å². The summed E-state index contributed by atoms with van der Waals surface area (Å²) in [7, 11) is 3.04. The molecule has 0 aromatic heterocycles. The lowest BCUT2D eigenvalue weighted by Gasteiger charge is -2.15. The van der Waals surface area contributed by atoms with E-state index in [0.29, 0.717) is 17.1 Å². The Labute approximate surface area is 136 Å². The van der Waals surface area contributed by atoms with E-state index in [9.17, 15) is 9.59 Å². The first-order valence-electron chi connectivity index (χ1n) is 6.15. The van der Waals surface area contributed by atoms with Gasteiger partial charge in [-0.05, 0) is 35.5 Å². The summed E-state index contributed by atoms with van der Waals surface area (Å²) in [5.41, 5.74) is 0.882. The van der Waals surface area contributed by atoms with Crippen LogP contribution in [0.1, 0.15) is 5.56 Å². The zero-order chi connectivity index (χ0) is 16.3. The van der Waals surface area contributed by atoms with Gasteiger partial charge in [-0.1, -0.05) is 12.2 Å². The number of carbonyl (C=O) groups is 2. The fourth-order valence-electron chi connectivity index (χ4n) is 1.89. The standard InChI is InChI=1S/C14H13NO5S2/c1-19-9-3-8(4-10(6-9)20-2)5-11-13(18)22-14(21)15(11)7-12(16)17/h3-6H,7H2,1-2H3,(H,16,17)/b11-5-. The summed E-state index contributed by atoms with van der Waals surface area (Å²) >= 11 is 5.88. The van der Waals surface area contributed by atoms with E-state index < -0.39 is 5.97 Å². The predicted octanol–water partition coefficient (Wildman–Crippen LogP) is 1.99. The predicted molar refractivity (Wildman–Crippen MR) is 87.1 cm³/mol. The van der Waals surface area contributed by atoms with Crippen molar-refractivity contribution in [1.29, 1.82) is 0 Å². The number of aliphatic carboxylic acids is 1. The van der Waals surface area contributed by atoms with E-state index in [2.05, 4.69) is 0 Å². The van der Waals surface area contributed by atoms with Gasteiger partial charge in [-0.3, -0.25) is 9.59 Å². The zero-order valence-corrected chi connectivity index (χ0v) is 13.5. The molecule has 6 nitrogen and oxygen atoms in total. The summed E-state index contributed by atoms with van der Waals surface area (Å²) in [5.74, 6) is 0.0695. The Morgan fingerprint density at radius 3 is 2.41 bits per heavy atom. The topological polar surface area (TPSA) is 76.1 Å². The second-order valence-electron chi connectivity index (χ2n) is 4.31. The summed E-state index contributed by atoms with van der Waals surface area (Å²) in [4.78, 5) is 24.2. The number of rotatable bonds is 5. The van der Waals surface area contributed by atoms with Crippen LogP contribution in [0.25, 0.3) is 6.08 Å². The molecule has 1 aromatic rings. The molecule has 1 heterocycles. The molecule has 0 amide bonds. The van der Waals surface area contributed by atoms with Gasteiger partial charge in [0.1, 0.15) is 22.4 Å². The molecule has 1 aliphatic rings. The van der Waals surface area contributed by atoms with E-state index in [0.717, 1.165) is 11.8 Å². The molecule has 22 heavy (non-hydrogen) atoms. The van der Waals surface area contributed by atoms with Gasteiger partial charge in [0.25, 0.3) is 0 Å². The lowest BCUT2D eigenvalue weighted by Crippen LogP contribution is -2.28. The second kappa shape index (κ2) is 6.80. The fourth-order valence-corrected chi connectivity index (χ4v) is 2.98. The molecule has 0 spiro atoms. The number of hydrogen-bond acceptors (Lipinski definition) is 6. The molecule has 0 saturated carbocycles. The molecule has 1 aromatic carbocycles. The van der Waals surface area contributed by atoms with Crippen molar-refractivity contribution >= 4 is 45.5 Å². The number of hydrogen-bond donors (Lipinski definition) is 1. The van der Waals surface area contributed by atoms with E-state index in [1.54, 1.807) is 24.3 Å². The quantitative estimate of drug-likeness (QED) is 0.645. The van der Waals surface area contributed by atoms with E-state index >= 15 is 0 Å². The summed E-state index contributed by atoms with van der Waals surface area (Å²) in [5, 5.41) is 8.65. The molecular weight excluding hydrogens is 326 g/mol. The van der Waals surface area contributed by atoms with Crippen LogP contribution in [-0.2, 0) is 9.59 Å². The third-order valence-corrected chi connectivity index (χ3v) is 4.13. The van der Waals surface area contributed by atoms with Crippen molar-refractivity contribution < 1.29 is 24.2 Å². The van der Waals surface area contributed by atoms with Gasteiger partial charge in [0.15, 0.2) is 0 Å². The molecule has 0 unspecified atom stereocenters. The van der Waals surface area contributed by atoms with Crippen LogP contribution >= 0.6 is 24.0 Å². The van der Waals surface area contributed by atoms with Gasteiger partial charge in [-0.25, -0.2) is 0 Å². The normalized spacial score (nSPS) is 16.3. The third-order valence-electron chi connectivity index (χ3n) is 2.87. The SMILES string of the molecule is COc1cc(/C=C2/C(=O)SC(=S)N2CC(=O)O)cc(OC)c1. The smallest absolute Gasteiger partial charge is 0.323 e. The summed E-state index contributed by atoms with van der Waals surface area (Å²) in [6.07, 6.45) is 1.57. The van der Waals surface area contributed by atoms with Crippen molar-refractivity contribution in [3.63, 3.8) is 0 Å². The molecule has 0 atom stereocenters. The van der Waals surface area contributed by atoms with Crippen LogP contribution in [0.5, 0.6) is 11.5 Å². The van der Waals surface area contributed by atoms with E-state index in [1.807, 2.05) is 0 Å². The van der Waals surface area contributed by atoms with Crippen LogP contribution in [0.4, 0.5) is 0 Å². The lowest BCUT2D eigenvalue weighted by atomic mass is 10.1. The lowest BCUT2D eigenvalue weighted by molar-refractivity contribution is -0.137. The number of benzene rings is 1. The van der Waals surface area contributed by atoms with Crippen molar-refractivity contribution in [3.8, 4) is 11.5 Å². The molecule has 0 radical (unpaired) electrons. The highest BCUT2D eigenvalue weighted by atomic mass is 32.2. The molecule has 0 bridgehead atoms. The van der Waals surface area contributed by atoms with Gasteiger partial charge in [0, 0.05) is 6.07 Å². The maximum atomic E-state index is 12.0. The van der Waals surface area contributed by atoms with Crippen molar-refractivity contribution in [2.45, 2.75) is 0 Å². The summed E-state index contributed by atoms with van der Waals surface area (Å²) in [6, 6.07) is 5.13. The number of carbonyl (C=O) groups excluding carboxylic acids is 1. The largest absolute Gasteiger partial charge is 0.497 e. The highest BCUT2D eigenvalue weighted by Gasteiger charge is 2.32. The minimum Gasteiger partial charge on any atom is -0.497 e. The number of methoxy groups -OCH3 is 2. The first-order chi connectivity index (χ1) is 10.4. The molecular formula is C14H13NO5S2. The monoisotopic (exact) mass is 339 g/mol. The van der Waals surface area contributed by atoms with E-state index in [1.165, 1.54) is 19.1 Å². The average molecular weight is 339 g/mol. The Kier molecular flexibility index (Phi) is 5.04. The van der Waals surface area contributed by atoms with Crippen LogP contribution in [0.2, 0.25) is 0 Å². The minimum absolute atomic E-state index is 0.229. The van der Waals surface area contributed by atoms with Crippen molar-refractivity contribution in [2.24, 2.45) is 0 Å². The van der Waals surface area contributed by atoms with Crippen LogP contribution in [0.3, 0.4) is 0 Å². The number of thiocarbonyl (C=S) groups is 1. The third kappa shape index (κ3) is 3.58. The molecule has 1 saturated heterocycles. The molecule has 8 heteroatoms. The van der Waals surface area contributed by atoms with Crippen molar-refractivity contribution in [1.82, 2.24) is 4.90 Å². The van der Waals surface area contributed by atoms with Crippen LogP contribution in [0.15, 0.2) is 23.9 Å². The maximum absolute atomic E-state index is 12.0. The maximum Gasteiger partial charge on any atom is 0.323 e. The molecule has 0 aliphatic carbocycles. The molecule has 1 N–H and O–H groups in total. The first kappa shape index (κ1) is 16.3. The molecule has 2 rings (SSSR count). The summed E-state index contributed by atoms with van der Waals surface area (Å²) < 4.78 is 10.6. The number of nitrogens with zero attached hydrogens (tertiary/aromatic N) is 1. The Morgan fingerprint density at radius 1 is 1.32 bits per heavy atom. The fraction of sp³-hybridized carbons (Fsp3) is 0.214. The molecule has 1 fully saturated rings. The molecule has 116 valence electrons. The Balaban J connectivity index is 2.43. The number of carboxylic acids is 1. The van der Waals surface area contributed by atoms with Gasteiger partial charge in [-0.2, -0.15) is 0 Å². The highest BCUT2D eigenvalue weighted by molar-refractivity contribution is 8.33. The van der Waals surface area contributed by atoms with Gasteiger partial charge in [0.05, 0.1) is 19.9 Å². The minimum atomic E-state index is -1.06. The summed E-state index contributed by atoms with van der Waals surface area (Å²) in [6.45, 7) is -0.357. The van der Waals surface area contributed by atoms with Crippen LogP contribution in [0, 0.1) is 0 Å². The van der Waals surface area contributed by atoms with Gasteiger partial charge >= 0.3 is 5.97 Å². The second-order valence-corrected chi connectivity index (χ2v) is 5.92.